The van der Waals surface area contributed by atoms with Gasteiger partial charge in [0.2, 0.25) is 0 Å². The third-order valence-electron chi connectivity index (χ3n) is 4.45. The van der Waals surface area contributed by atoms with Crippen molar-refractivity contribution in [3.05, 3.63) is 60.2 Å². The van der Waals surface area contributed by atoms with Crippen molar-refractivity contribution < 1.29 is 17.9 Å². The average Bonchev–Trinajstić information content (AvgIpc) is 3.33. The summed E-state index contributed by atoms with van der Waals surface area (Å²) in [6.45, 7) is 0. The molecule has 0 saturated heterocycles. The van der Waals surface area contributed by atoms with E-state index in [1.54, 1.807) is 42.5 Å². The molecule has 2 aromatic carbocycles. The van der Waals surface area contributed by atoms with Gasteiger partial charge in [-0.05, 0) is 29.8 Å². The van der Waals surface area contributed by atoms with Gasteiger partial charge >= 0.3 is 0 Å². The van der Waals surface area contributed by atoms with E-state index in [2.05, 4.69) is 0 Å². The van der Waals surface area contributed by atoms with E-state index in [1.165, 1.54) is 19.2 Å². The van der Waals surface area contributed by atoms with E-state index in [4.69, 9.17) is 4.74 Å². The predicted molar refractivity (Wildman–Crippen MR) is 87.3 cm³/mol. The molecule has 6 heteroatoms. The van der Waals surface area contributed by atoms with Crippen LogP contribution in [0.5, 0.6) is 5.75 Å². The van der Waals surface area contributed by atoms with E-state index in [1.807, 2.05) is 6.07 Å². The Morgan fingerprint density at radius 2 is 1.75 bits per heavy atom. The largest absolute Gasteiger partial charge is 0.497 e. The predicted octanol–water partition coefficient (Wildman–Crippen LogP) is 2.34. The Balaban J connectivity index is 2.06. The second-order valence-electron chi connectivity index (χ2n) is 5.69. The van der Waals surface area contributed by atoms with Gasteiger partial charge in [0.1, 0.15) is 22.7 Å². The van der Waals surface area contributed by atoms with Crippen LogP contribution in [0.15, 0.2) is 59.5 Å². The molecule has 0 bridgehead atoms. The number of benzene rings is 2. The number of sulfone groups is 1. The molecule has 3 rings (SSSR count). The average molecular weight is 341 g/mol. The van der Waals surface area contributed by atoms with Crippen LogP contribution in [0.3, 0.4) is 0 Å². The topological polar surface area (TPSA) is 84.2 Å². The van der Waals surface area contributed by atoms with Gasteiger partial charge in [-0.15, -0.1) is 0 Å². The van der Waals surface area contributed by atoms with Crippen LogP contribution >= 0.6 is 0 Å². The Bertz CT molecular complexity index is 900. The maximum atomic E-state index is 12.9. The van der Waals surface area contributed by atoms with Crippen molar-refractivity contribution in [1.29, 1.82) is 5.26 Å². The summed E-state index contributed by atoms with van der Waals surface area (Å²) in [5, 5.41) is 8.42. The lowest BCUT2D eigenvalue weighted by molar-refractivity contribution is -0.110. The normalized spacial score (nSPS) is 25.5. The minimum atomic E-state index is -3.80. The minimum Gasteiger partial charge on any atom is -0.497 e. The Morgan fingerprint density at radius 3 is 2.25 bits per heavy atom. The number of carbonyl (C=O) groups excluding carboxylic acids is 1. The van der Waals surface area contributed by atoms with Gasteiger partial charge in [-0.1, -0.05) is 30.3 Å². The summed E-state index contributed by atoms with van der Waals surface area (Å²) in [4.78, 5) is 11.7. The summed E-state index contributed by atoms with van der Waals surface area (Å²) in [6.07, 6.45) is 0.465. The molecule has 24 heavy (non-hydrogen) atoms. The molecule has 0 heterocycles. The van der Waals surface area contributed by atoms with Gasteiger partial charge in [0.25, 0.3) is 0 Å². The lowest BCUT2D eigenvalue weighted by atomic mass is 10.0. The van der Waals surface area contributed by atoms with Crippen molar-refractivity contribution >= 4 is 16.1 Å². The quantitative estimate of drug-likeness (QED) is 0.779. The SMILES string of the molecule is COc1ccc([C@@H]2[C@H](S(=O)(=O)c3ccccc3)[C@]2(C#N)C=O)cc1. The van der Waals surface area contributed by atoms with Gasteiger partial charge < -0.3 is 9.53 Å². The zero-order valence-corrected chi connectivity index (χ0v) is 13.7. The molecule has 122 valence electrons. The number of methoxy groups -OCH3 is 1. The van der Waals surface area contributed by atoms with Gasteiger partial charge in [-0.25, -0.2) is 8.42 Å². The van der Waals surface area contributed by atoms with Crippen molar-refractivity contribution in [2.45, 2.75) is 16.1 Å². The molecule has 1 aliphatic rings. The summed E-state index contributed by atoms with van der Waals surface area (Å²) in [5.41, 5.74) is -0.919. The van der Waals surface area contributed by atoms with E-state index < -0.39 is 26.4 Å². The fourth-order valence-corrected chi connectivity index (χ4v) is 5.39. The zero-order valence-electron chi connectivity index (χ0n) is 12.9. The molecule has 0 radical (unpaired) electrons. The number of nitriles is 1. The van der Waals surface area contributed by atoms with Crippen molar-refractivity contribution in [2.24, 2.45) is 5.41 Å². The first-order valence-electron chi connectivity index (χ1n) is 7.31. The van der Waals surface area contributed by atoms with Gasteiger partial charge in [0.15, 0.2) is 9.84 Å². The van der Waals surface area contributed by atoms with Crippen LogP contribution < -0.4 is 4.74 Å². The summed E-state index contributed by atoms with van der Waals surface area (Å²) in [6, 6.07) is 16.6. The van der Waals surface area contributed by atoms with Gasteiger partial charge in [0.05, 0.1) is 18.1 Å². The molecule has 0 spiro atoms. The van der Waals surface area contributed by atoms with Gasteiger partial charge in [0, 0.05) is 5.92 Å². The molecule has 0 amide bonds. The summed E-state index contributed by atoms with van der Waals surface area (Å²) in [5.74, 6) is -0.0633. The number of nitrogens with zero attached hydrogens (tertiary/aromatic N) is 1. The molecule has 0 aromatic heterocycles. The number of hydrogen-bond donors (Lipinski definition) is 0. The molecular formula is C18H15NO4S. The fraction of sp³-hybridized carbons (Fsp3) is 0.222. The van der Waals surface area contributed by atoms with Crippen LogP contribution in [0.1, 0.15) is 11.5 Å². The Morgan fingerprint density at radius 1 is 1.12 bits per heavy atom. The molecule has 0 N–H and O–H groups in total. The van der Waals surface area contributed by atoms with Crippen LogP contribution in [0.4, 0.5) is 0 Å². The number of ether oxygens (including phenoxy) is 1. The summed E-state index contributed by atoms with van der Waals surface area (Å²) in [7, 11) is -2.27. The second-order valence-corrected chi connectivity index (χ2v) is 7.76. The molecule has 0 unspecified atom stereocenters. The summed E-state index contributed by atoms with van der Waals surface area (Å²) < 4.78 is 30.9. The van der Waals surface area contributed by atoms with E-state index >= 15 is 0 Å². The van der Waals surface area contributed by atoms with Crippen molar-refractivity contribution in [3.63, 3.8) is 0 Å². The number of hydrogen-bond acceptors (Lipinski definition) is 5. The zero-order chi connectivity index (χ0) is 17.4. The first-order chi connectivity index (χ1) is 11.5. The van der Waals surface area contributed by atoms with E-state index in [-0.39, 0.29) is 4.90 Å². The number of carbonyl (C=O) groups is 1. The lowest BCUT2D eigenvalue weighted by Gasteiger charge is -2.04. The van der Waals surface area contributed by atoms with Gasteiger partial charge in [-0.2, -0.15) is 5.26 Å². The van der Waals surface area contributed by atoms with Crippen LogP contribution in [0.2, 0.25) is 0 Å². The lowest BCUT2D eigenvalue weighted by Crippen LogP contribution is -2.16. The highest BCUT2D eigenvalue weighted by Crippen LogP contribution is 2.62. The van der Waals surface area contributed by atoms with Crippen LogP contribution in [-0.2, 0) is 14.6 Å². The van der Waals surface area contributed by atoms with E-state index in [0.717, 1.165) is 0 Å². The van der Waals surface area contributed by atoms with E-state index in [0.29, 0.717) is 17.6 Å². The maximum absolute atomic E-state index is 12.9. The van der Waals surface area contributed by atoms with Gasteiger partial charge in [-0.3, -0.25) is 0 Å². The van der Waals surface area contributed by atoms with Crippen molar-refractivity contribution in [2.75, 3.05) is 7.11 Å². The first kappa shape index (κ1) is 16.2. The monoisotopic (exact) mass is 341 g/mol. The first-order valence-corrected chi connectivity index (χ1v) is 8.86. The Hall–Kier alpha value is -2.65. The highest BCUT2D eigenvalue weighted by molar-refractivity contribution is 7.92. The minimum absolute atomic E-state index is 0.118. The standard InChI is InChI=1S/C18H15NO4S/c1-23-14-9-7-13(8-10-14)16-17(18(16,11-19)12-20)24(21,22)15-5-3-2-4-6-15/h2-10,12,16-17H,1H3/t16-,17+,18-/m1/s1. The Kier molecular flexibility index (Phi) is 3.90. The van der Waals surface area contributed by atoms with Crippen molar-refractivity contribution in [1.82, 2.24) is 0 Å². The van der Waals surface area contributed by atoms with Crippen LogP contribution in [0, 0.1) is 16.7 Å². The smallest absolute Gasteiger partial charge is 0.183 e. The van der Waals surface area contributed by atoms with Crippen LogP contribution in [0.25, 0.3) is 0 Å². The molecule has 5 nitrogen and oxygen atoms in total. The third-order valence-corrected chi connectivity index (χ3v) is 6.71. The summed E-state index contributed by atoms with van der Waals surface area (Å²) >= 11 is 0. The Labute approximate surface area is 140 Å². The van der Waals surface area contributed by atoms with Crippen LogP contribution in [-0.4, -0.2) is 27.1 Å². The fourth-order valence-electron chi connectivity index (χ4n) is 3.13. The van der Waals surface area contributed by atoms with Crippen molar-refractivity contribution in [3.8, 4) is 11.8 Å². The molecule has 0 aliphatic heterocycles. The highest BCUT2D eigenvalue weighted by Gasteiger charge is 2.72. The molecule has 1 saturated carbocycles. The second kappa shape index (κ2) is 5.77. The molecule has 2 aromatic rings. The molecule has 3 atom stereocenters. The number of rotatable bonds is 5. The maximum Gasteiger partial charge on any atom is 0.183 e. The highest BCUT2D eigenvalue weighted by atomic mass is 32.2. The number of aldehydes is 1. The third kappa shape index (κ3) is 2.29. The van der Waals surface area contributed by atoms with E-state index in [9.17, 15) is 18.5 Å². The molecule has 1 fully saturated rings. The molecule has 1 aliphatic carbocycles. The molecular weight excluding hydrogens is 326 g/mol.